The second-order valence-corrected chi connectivity index (χ2v) is 24.3. The summed E-state index contributed by atoms with van der Waals surface area (Å²) in [5, 5.41) is 0. The average Bonchev–Trinajstić information content (AvgIpc) is 0.748. The zero-order chi connectivity index (χ0) is 71.4. The van der Waals surface area contributed by atoms with E-state index in [0.717, 1.165) is 101 Å². The van der Waals surface area contributed by atoms with Crippen molar-refractivity contribution >= 4 is 46.4 Å². The molecule has 2 heterocycles. The summed E-state index contributed by atoms with van der Waals surface area (Å²) in [7, 11) is 6.60. The van der Waals surface area contributed by atoms with Gasteiger partial charge in [0.25, 0.3) is 0 Å². The van der Waals surface area contributed by atoms with Gasteiger partial charge in [-0.1, -0.05) is 291 Å². The molecule has 0 amide bonds. The van der Waals surface area contributed by atoms with Crippen LogP contribution in [0, 0.1) is 23.7 Å². The standard InChI is InChI=1S/2C48H36O4/c2*1-50-40-28-23-34(24-29-40)25-32-42-44(36-17-9-4-10-18-36)45(37-26-30-41(51-2)31-27-37)48(52-47(42)39-21-13-6-14-22-39)43(33-35-15-7-3-8-16-35)46(49)38-19-11-5-12-20-38/h2*3-24,26-31,33,44H,1-2H3/b2*43-33-/t2*44-/m10/s1. The minimum Gasteiger partial charge on any atom is -0.497 e. The number of carbonyl (C=O) groups is 2. The molecule has 0 spiro atoms. The molecule has 2 aliphatic heterocycles. The molecule has 8 nitrogen and oxygen atoms in total. The van der Waals surface area contributed by atoms with Gasteiger partial charge in [0.15, 0.2) is 11.6 Å². The Kier molecular flexibility index (Phi) is 22.2. The van der Waals surface area contributed by atoms with Crippen molar-refractivity contribution in [2.24, 2.45) is 0 Å². The average molecular weight is 1350 g/mol. The number of methoxy groups -OCH3 is 4. The molecular formula is C96H72O8. The normalized spacial score (nSPS) is 14.2. The van der Waals surface area contributed by atoms with Gasteiger partial charge in [-0.05, 0) is 118 Å². The van der Waals surface area contributed by atoms with Crippen molar-refractivity contribution in [3.8, 4) is 46.7 Å². The molecule has 8 heteroatoms. The number of rotatable bonds is 18. The third kappa shape index (κ3) is 16.1. The van der Waals surface area contributed by atoms with Gasteiger partial charge in [0.2, 0.25) is 0 Å². The second-order valence-electron chi connectivity index (χ2n) is 24.3. The number of hydrogen-bond donors (Lipinski definition) is 0. The fraction of sp³-hybridized carbons (Fsp3) is 0.0625. The van der Waals surface area contributed by atoms with Crippen molar-refractivity contribution in [2.45, 2.75) is 11.8 Å². The highest BCUT2D eigenvalue weighted by atomic mass is 16.5. The van der Waals surface area contributed by atoms with Crippen molar-refractivity contribution < 1.29 is 38.0 Å². The molecule has 0 aromatic heterocycles. The highest BCUT2D eigenvalue weighted by molar-refractivity contribution is 6.17. The highest BCUT2D eigenvalue weighted by Gasteiger charge is 2.39. The Morgan fingerprint density at radius 1 is 0.298 bits per heavy atom. The van der Waals surface area contributed by atoms with Crippen LogP contribution < -0.4 is 18.9 Å². The zero-order valence-electron chi connectivity index (χ0n) is 57.9. The highest BCUT2D eigenvalue weighted by Crippen LogP contribution is 2.52. The first-order chi connectivity index (χ1) is 51.2. The molecule has 504 valence electrons. The third-order valence-electron chi connectivity index (χ3n) is 17.8. The van der Waals surface area contributed by atoms with Gasteiger partial charge in [0, 0.05) is 56.4 Å². The molecule has 0 unspecified atom stereocenters. The van der Waals surface area contributed by atoms with E-state index < -0.39 is 11.8 Å². The van der Waals surface area contributed by atoms with Gasteiger partial charge in [0.1, 0.15) is 46.0 Å². The summed E-state index contributed by atoms with van der Waals surface area (Å²) >= 11 is 0. The molecule has 2 aliphatic rings. The maximum atomic E-state index is 14.8. The van der Waals surface area contributed by atoms with Gasteiger partial charge in [-0.2, -0.15) is 0 Å². The second kappa shape index (κ2) is 33.5. The van der Waals surface area contributed by atoms with E-state index >= 15 is 0 Å². The molecule has 0 fully saturated rings. The van der Waals surface area contributed by atoms with Crippen LogP contribution in [0.25, 0.3) is 34.8 Å². The first-order valence-corrected chi connectivity index (χ1v) is 34.1. The molecule has 0 saturated carbocycles. The summed E-state index contributed by atoms with van der Waals surface area (Å²) in [6, 6.07) is 110. The Hall–Kier alpha value is -13.7. The topological polar surface area (TPSA) is 89.5 Å². The van der Waals surface area contributed by atoms with E-state index in [4.69, 9.17) is 28.4 Å². The van der Waals surface area contributed by atoms with Crippen molar-refractivity contribution in [3.05, 3.63) is 440 Å². The van der Waals surface area contributed by atoms with Gasteiger partial charge in [-0.15, -0.1) is 0 Å². The van der Waals surface area contributed by atoms with Crippen molar-refractivity contribution in [3.63, 3.8) is 0 Å². The van der Waals surface area contributed by atoms with Crippen LogP contribution in [-0.2, 0) is 9.47 Å². The minimum atomic E-state index is -0.415. The molecule has 0 saturated heterocycles. The molecule has 12 aromatic rings. The maximum absolute atomic E-state index is 14.8. The lowest BCUT2D eigenvalue weighted by Crippen LogP contribution is -2.20. The number of carbonyl (C=O) groups excluding carboxylic acids is 2. The maximum Gasteiger partial charge on any atom is 0.196 e. The van der Waals surface area contributed by atoms with Crippen LogP contribution in [0.1, 0.15) is 88.2 Å². The number of hydrogen-bond acceptors (Lipinski definition) is 8. The fourth-order valence-electron chi connectivity index (χ4n) is 12.6. The smallest absolute Gasteiger partial charge is 0.196 e. The van der Waals surface area contributed by atoms with E-state index in [9.17, 15) is 9.59 Å². The first kappa shape index (κ1) is 68.8. The van der Waals surface area contributed by atoms with Gasteiger partial charge in [-0.3, -0.25) is 9.59 Å². The van der Waals surface area contributed by atoms with Crippen LogP contribution in [0.2, 0.25) is 0 Å². The molecule has 0 aliphatic carbocycles. The number of benzene rings is 12. The first-order valence-electron chi connectivity index (χ1n) is 34.1. The van der Waals surface area contributed by atoms with E-state index in [1.54, 1.807) is 28.4 Å². The molecule has 0 N–H and O–H groups in total. The summed E-state index contributed by atoms with van der Waals surface area (Å²) in [6.07, 6.45) is 3.85. The Morgan fingerprint density at radius 3 is 0.865 bits per heavy atom. The van der Waals surface area contributed by atoms with Crippen molar-refractivity contribution in [1.82, 2.24) is 0 Å². The summed E-state index contributed by atoms with van der Waals surface area (Å²) < 4.78 is 36.3. The van der Waals surface area contributed by atoms with Crippen LogP contribution in [-0.4, -0.2) is 40.0 Å². The molecular weight excluding hydrogens is 1280 g/mol. The van der Waals surface area contributed by atoms with Crippen molar-refractivity contribution in [2.75, 3.05) is 28.4 Å². The molecule has 2 atom stereocenters. The van der Waals surface area contributed by atoms with Crippen LogP contribution in [0.15, 0.2) is 374 Å². The SMILES string of the molecule is COc1ccc(C#CC2=C(c3ccccc3)OC(/C(=C\c3ccccc3)C(=O)c3ccccc3)=C(c3ccc(OC)cc3)[C@@H]2c2ccccc2)cc1.COc1ccc(C#CC2=C(c3ccccc3)OC(/C(=C\c3ccccc3)C(=O)c3ccccc3)=C(c3ccc(OC)cc3)[C@H]2c2ccccc2)cc1. The summed E-state index contributed by atoms with van der Waals surface area (Å²) in [5.41, 5.74) is 14.0. The van der Waals surface area contributed by atoms with E-state index in [1.165, 1.54) is 0 Å². The number of Topliss-reactive ketones (excluding diaryl/α,β-unsaturated/α-hetero) is 2. The molecule has 0 bridgehead atoms. The van der Waals surface area contributed by atoms with Gasteiger partial charge in [-0.25, -0.2) is 0 Å². The molecule has 0 radical (unpaired) electrons. The van der Waals surface area contributed by atoms with Crippen molar-refractivity contribution in [1.29, 1.82) is 0 Å². The third-order valence-corrected chi connectivity index (χ3v) is 17.8. The van der Waals surface area contributed by atoms with Crippen LogP contribution in [0.5, 0.6) is 23.0 Å². The Bertz CT molecular complexity index is 4960. The Balaban J connectivity index is 0.000000185. The minimum absolute atomic E-state index is 0.155. The quantitative estimate of drug-likeness (QED) is 0.0477. The summed E-state index contributed by atoms with van der Waals surface area (Å²) in [4.78, 5) is 29.6. The molecule has 14 rings (SSSR count). The zero-order valence-corrected chi connectivity index (χ0v) is 57.9. The summed E-state index contributed by atoms with van der Waals surface area (Å²) in [5.74, 6) is 17.9. The number of ketones is 2. The van der Waals surface area contributed by atoms with Gasteiger partial charge >= 0.3 is 0 Å². The fourth-order valence-corrected chi connectivity index (χ4v) is 12.6. The number of ether oxygens (including phenoxy) is 6. The predicted octanol–water partition coefficient (Wildman–Crippen LogP) is 21.3. The molecule has 12 aromatic carbocycles. The predicted molar refractivity (Wildman–Crippen MR) is 417 cm³/mol. The van der Waals surface area contributed by atoms with Crippen LogP contribution >= 0.6 is 0 Å². The van der Waals surface area contributed by atoms with Gasteiger partial charge < -0.3 is 28.4 Å². The Labute approximate surface area is 608 Å². The lowest BCUT2D eigenvalue weighted by atomic mass is 9.76. The van der Waals surface area contributed by atoms with Crippen LogP contribution in [0.4, 0.5) is 0 Å². The van der Waals surface area contributed by atoms with Crippen LogP contribution in [0.3, 0.4) is 0 Å². The lowest BCUT2D eigenvalue weighted by Gasteiger charge is -2.33. The monoisotopic (exact) mass is 1350 g/mol. The Morgan fingerprint density at radius 2 is 0.567 bits per heavy atom. The van der Waals surface area contributed by atoms with E-state index in [0.29, 0.717) is 45.3 Å². The van der Waals surface area contributed by atoms with Gasteiger partial charge in [0.05, 0.1) is 50.7 Å². The van der Waals surface area contributed by atoms with E-state index in [2.05, 4.69) is 47.9 Å². The largest absolute Gasteiger partial charge is 0.497 e. The molecule has 104 heavy (non-hydrogen) atoms. The van der Waals surface area contributed by atoms with E-state index in [1.807, 2.05) is 328 Å². The lowest BCUT2D eigenvalue weighted by molar-refractivity contribution is 0.102. The number of allylic oxidation sites excluding steroid dienone is 6. The van der Waals surface area contributed by atoms with E-state index in [-0.39, 0.29) is 11.6 Å². The summed E-state index contributed by atoms with van der Waals surface area (Å²) in [6.45, 7) is 0.